The van der Waals surface area contributed by atoms with E-state index in [0.29, 0.717) is 17.4 Å². The molecule has 1 amide bonds. The molecule has 0 bridgehead atoms. The molecule has 1 aliphatic heterocycles. The maximum Gasteiger partial charge on any atom is 0.274 e. The Hall–Kier alpha value is -3.65. The van der Waals surface area contributed by atoms with Gasteiger partial charge in [-0.2, -0.15) is 0 Å². The Labute approximate surface area is 209 Å². The first-order valence-corrected chi connectivity index (χ1v) is 12.8. The molecule has 1 aliphatic rings. The number of aromatic nitrogens is 3. The molecule has 1 atom stereocenters. The maximum atomic E-state index is 13.0. The Morgan fingerprint density at radius 1 is 1.17 bits per heavy atom. The van der Waals surface area contributed by atoms with Gasteiger partial charge in [0.05, 0.1) is 17.8 Å². The average Bonchev–Trinajstić information content (AvgIpc) is 3.61. The lowest BCUT2D eigenvalue weighted by Crippen LogP contribution is -2.23. The third-order valence-corrected chi connectivity index (χ3v) is 6.82. The summed E-state index contributed by atoms with van der Waals surface area (Å²) in [5.41, 5.74) is 3.85. The van der Waals surface area contributed by atoms with E-state index in [0.717, 1.165) is 42.1 Å². The van der Waals surface area contributed by atoms with Crippen molar-refractivity contribution < 1.29 is 9.53 Å². The summed E-state index contributed by atoms with van der Waals surface area (Å²) >= 11 is 1.47. The average molecular weight is 488 g/mol. The predicted molar refractivity (Wildman–Crippen MR) is 139 cm³/mol. The van der Waals surface area contributed by atoms with Gasteiger partial charge in [0.25, 0.3) is 5.91 Å². The molecular formula is C27H29N5O2S. The molecule has 8 heteroatoms. The highest BCUT2D eigenvalue weighted by atomic mass is 32.1. The zero-order valence-corrected chi connectivity index (χ0v) is 20.7. The number of pyridine rings is 1. The lowest BCUT2D eigenvalue weighted by molar-refractivity contribution is 0.101. The van der Waals surface area contributed by atoms with Gasteiger partial charge >= 0.3 is 0 Å². The molecule has 7 nitrogen and oxygen atoms in total. The van der Waals surface area contributed by atoms with Crippen LogP contribution < -0.4 is 15.0 Å². The van der Waals surface area contributed by atoms with E-state index in [2.05, 4.69) is 32.7 Å². The first kappa shape index (κ1) is 23.1. The number of anilines is 2. The Bertz CT molecular complexity index is 1270. The molecular weight excluding hydrogens is 458 g/mol. The van der Waals surface area contributed by atoms with E-state index in [1.807, 2.05) is 61.0 Å². The molecule has 0 saturated carbocycles. The second-order valence-corrected chi connectivity index (χ2v) is 9.78. The Morgan fingerprint density at radius 3 is 2.74 bits per heavy atom. The van der Waals surface area contributed by atoms with Crippen molar-refractivity contribution in [2.75, 3.05) is 16.8 Å². The minimum atomic E-state index is -0.158. The fourth-order valence-corrected chi connectivity index (χ4v) is 5.22. The van der Waals surface area contributed by atoms with Crippen molar-refractivity contribution in [3.05, 3.63) is 89.5 Å². The van der Waals surface area contributed by atoms with Crippen LogP contribution in [0.25, 0.3) is 0 Å². The van der Waals surface area contributed by atoms with Crippen molar-refractivity contribution in [2.24, 2.45) is 0 Å². The van der Waals surface area contributed by atoms with E-state index in [1.165, 1.54) is 11.3 Å². The summed E-state index contributed by atoms with van der Waals surface area (Å²) in [6.07, 6.45) is 7.73. The summed E-state index contributed by atoms with van der Waals surface area (Å²) in [7, 11) is 0. The molecule has 1 aromatic carbocycles. The summed E-state index contributed by atoms with van der Waals surface area (Å²) in [6, 6.07) is 16.1. The number of ether oxygens (including phenoxy) is 1. The first-order valence-electron chi connectivity index (χ1n) is 11.9. The quantitative estimate of drug-likeness (QED) is 0.342. The summed E-state index contributed by atoms with van der Waals surface area (Å²) < 4.78 is 7.72. The van der Waals surface area contributed by atoms with Gasteiger partial charge in [0.1, 0.15) is 11.4 Å². The smallest absolute Gasteiger partial charge is 0.274 e. The van der Waals surface area contributed by atoms with Crippen LogP contribution in [0.5, 0.6) is 5.75 Å². The minimum absolute atomic E-state index is 0.155. The van der Waals surface area contributed by atoms with Crippen molar-refractivity contribution in [2.45, 2.75) is 45.4 Å². The second kappa shape index (κ2) is 10.3. The summed E-state index contributed by atoms with van der Waals surface area (Å²) in [5.74, 6) is 0.723. The number of thiazole rings is 1. The molecule has 1 unspecified atom stereocenters. The van der Waals surface area contributed by atoms with Crippen LogP contribution in [0.1, 0.15) is 54.5 Å². The lowest BCUT2D eigenvalue weighted by Gasteiger charge is -2.26. The lowest BCUT2D eigenvalue weighted by atomic mass is 10.1. The number of nitrogens with zero attached hydrogens (tertiary/aromatic N) is 4. The standard InChI is InChI=1S/C27H29N5O2S/c1-19(2)34-22-9-7-21(8-10-22)32-16-4-5-24(32)23-18-35-27(29-23)30-26(33)25-6-3-15-31(25)17-20-11-13-28-14-12-20/h3,6-15,18-19,24H,4-5,16-17H2,1-2H3,(H,29,30,33). The number of carbonyl (C=O) groups is 1. The van der Waals surface area contributed by atoms with Gasteiger partial charge in [0.15, 0.2) is 5.13 Å². The van der Waals surface area contributed by atoms with Crippen LogP contribution in [-0.2, 0) is 6.54 Å². The van der Waals surface area contributed by atoms with E-state index in [-0.39, 0.29) is 18.1 Å². The molecule has 35 heavy (non-hydrogen) atoms. The van der Waals surface area contributed by atoms with Crippen molar-refractivity contribution >= 4 is 28.1 Å². The van der Waals surface area contributed by atoms with Gasteiger partial charge < -0.3 is 14.2 Å². The van der Waals surface area contributed by atoms with E-state index in [9.17, 15) is 4.79 Å². The highest BCUT2D eigenvalue weighted by Crippen LogP contribution is 2.37. The summed E-state index contributed by atoms with van der Waals surface area (Å²) in [6.45, 7) is 5.65. The zero-order valence-electron chi connectivity index (χ0n) is 19.9. The Kier molecular flexibility index (Phi) is 6.81. The number of hydrogen-bond donors (Lipinski definition) is 1. The summed E-state index contributed by atoms with van der Waals surface area (Å²) in [5, 5.41) is 5.67. The van der Waals surface area contributed by atoms with Crippen LogP contribution in [0.15, 0.2) is 72.5 Å². The van der Waals surface area contributed by atoms with E-state index in [4.69, 9.17) is 9.72 Å². The van der Waals surface area contributed by atoms with Crippen LogP contribution in [0.2, 0.25) is 0 Å². The van der Waals surface area contributed by atoms with Gasteiger partial charge in [-0.3, -0.25) is 15.1 Å². The molecule has 1 saturated heterocycles. The van der Waals surface area contributed by atoms with Gasteiger partial charge in [0.2, 0.25) is 0 Å². The molecule has 4 aromatic rings. The fourth-order valence-electron chi connectivity index (χ4n) is 4.47. The third kappa shape index (κ3) is 5.38. The number of amides is 1. The van der Waals surface area contributed by atoms with Crippen molar-refractivity contribution in [3.8, 4) is 5.75 Å². The number of hydrogen-bond acceptors (Lipinski definition) is 6. The van der Waals surface area contributed by atoms with Gasteiger partial charge in [0, 0.05) is 42.7 Å². The first-order chi connectivity index (χ1) is 17.1. The van der Waals surface area contributed by atoms with E-state index >= 15 is 0 Å². The monoisotopic (exact) mass is 487 g/mol. The molecule has 0 radical (unpaired) electrons. The number of carbonyl (C=O) groups excluding carboxylic acids is 1. The highest BCUT2D eigenvalue weighted by molar-refractivity contribution is 7.14. The number of rotatable bonds is 8. The Balaban J connectivity index is 1.26. The Morgan fingerprint density at radius 2 is 1.97 bits per heavy atom. The second-order valence-electron chi connectivity index (χ2n) is 8.92. The molecule has 4 heterocycles. The van der Waals surface area contributed by atoms with E-state index in [1.54, 1.807) is 12.4 Å². The van der Waals surface area contributed by atoms with Gasteiger partial charge in [-0.15, -0.1) is 11.3 Å². The SMILES string of the molecule is CC(C)Oc1ccc(N2CCCC2c2csc(NC(=O)c3cccn3Cc3ccncc3)n2)cc1. The van der Waals surface area contributed by atoms with Crippen LogP contribution >= 0.6 is 11.3 Å². The molecule has 1 N–H and O–H groups in total. The molecule has 3 aromatic heterocycles. The fraction of sp³-hybridized carbons (Fsp3) is 0.296. The minimum Gasteiger partial charge on any atom is -0.491 e. The maximum absolute atomic E-state index is 13.0. The molecule has 180 valence electrons. The number of benzene rings is 1. The highest BCUT2D eigenvalue weighted by Gasteiger charge is 2.28. The molecule has 0 aliphatic carbocycles. The van der Waals surface area contributed by atoms with Crippen LogP contribution in [0.4, 0.5) is 10.8 Å². The van der Waals surface area contributed by atoms with Crippen LogP contribution in [-0.4, -0.2) is 33.1 Å². The molecule has 5 rings (SSSR count). The van der Waals surface area contributed by atoms with Crippen LogP contribution in [0, 0.1) is 0 Å². The van der Waals surface area contributed by atoms with Gasteiger partial charge in [-0.25, -0.2) is 4.98 Å². The zero-order chi connectivity index (χ0) is 24.2. The van der Waals surface area contributed by atoms with Crippen molar-refractivity contribution in [1.82, 2.24) is 14.5 Å². The van der Waals surface area contributed by atoms with Gasteiger partial charge in [-0.05, 0) is 80.8 Å². The largest absolute Gasteiger partial charge is 0.491 e. The van der Waals surface area contributed by atoms with Crippen molar-refractivity contribution in [3.63, 3.8) is 0 Å². The van der Waals surface area contributed by atoms with Crippen LogP contribution in [0.3, 0.4) is 0 Å². The van der Waals surface area contributed by atoms with Crippen molar-refractivity contribution in [1.29, 1.82) is 0 Å². The van der Waals surface area contributed by atoms with E-state index < -0.39 is 0 Å². The number of nitrogens with one attached hydrogen (secondary N) is 1. The normalized spacial score (nSPS) is 15.5. The summed E-state index contributed by atoms with van der Waals surface area (Å²) in [4.78, 5) is 24.2. The predicted octanol–water partition coefficient (Wildman–Crippen LogP) is 5.77. The molecule has 1 fully saturated rings. The van der Waals surface area contributed by atoms with Gasteiger partial charge in [-0.1, -0.05) is 0 Å². The molecule has 0 spiro atoms. The topological polar surface area (TPSA) is 72.3 Å². The third-order valence-electron chi connectivity index (χ3n) is 6.04.